The second-order valence-electron chi connectivity index (χ2n) is 10.9. The topological polar surface area (TPSA) is 66.8 Å². The third-order valence-corrected chi connectivity index (χ3v) is 6.05. The molecule has 0 saturated carbocycles. The van der Waals surface area contributed by atoms with Gasteiger partial charge in [0.05, 0.1) is 20.3 Å². The van der Waals surface area contributed by atoms with E-state index in [1.165, 1.54) is 57.8 Å². The van der Waals surface area contributed by atoms with Crippen molar-refractivity contribution in [2.24, 2.45) is 5.41 Å². The van der Waals surface area contributed by atoms with Crippen LogP contribution in [0.5, 0.6) is 0 Å². The van der Waals surface area contributed by atoms with Gasteiger partial charge in [0.25, 0.3) is 0 Å². The number of hydrogen-bond acceptors (Lipinski definition) is 4. The Bertz CT molecular complexity index is 428. The van der Waals surface area contributed by atoms with E-state index in [1.54, 1.807) is 0 Å². The summed E-state index contributed by atoms with van der Waals surface area (Å²) >= 11 is 0. The molecule has 0 heterocycles. The number of quaternary nitrogens is 1. The van der Waals surface area contributed by atoms with E-state index in [0.717, 1.165) is 19.3 Å². The van der Waals surface area contributed by atoms with E-state index in [2.05, 4.69) is 27.7 Å². The number of aliphatic hydroxyl groups excluding tert-OH is 2. The Kier molecular flexibility index (Phi) is 17.5. The van der Waals surface area contributed by atoms with Crippen molar-refractivity contribution in [2.75, 3.05) is 39.9 Å². The monoisotopic (exact) mass is 444 g/mol. The molecule has 5 nitrogen and oxygen atoms in total. The summed E-state index contributed by atoms with van der Waals surface area (Å²) in [7, 11) is 2.01. The van der Waals surface area contributed by atoms with E-state index >= 15 is 0 Å². The molecule has 0 aromatic rings. The molecule has 0 fully saturated rings. The van der Waals surface area contributed by atoms with Gasteiger partial charge in [0.15, 0.2) is 6.10 Å². The molecule has 0 rings (SSSR count). The first-order valence-electron chi connectivity index (χ1n) is 12.9. The fourth-order valence-electron chi connectivity index (χ4n) is 4.27. The maximum absolute atomic E-state index is 12.5. The van der Waals surface area contributed by atoms with Gasteiger partial charge in [-0.25, -0.2) is 0 Å². The lowest BCUT2D eigenvalue weighted by Crippen LogP contribution is -2.53. The molecule has 0 radical (unpaired) electrons. The molecule has 5 heteroatoms. The van der Waals surface area contributed by atoms with Gasteiger partial charge in [0, 0.05) is 6.42 Å². The van der Waals surface area contributed by atoms with Crippen molar-refractivity contribution in [3.05, 3.63) is 0 Å². The lowest BCUT2D eigenvalue weighted by Gasteiger charge is -2.37. The molecule has 0 aromatic carbocycles. The third kappa shape index (κ3) is 18.6. The van der Waals surface area contributed by atoms with Gasteiger partial charge in [-0.05, 0) is 18.3 Å². The quantitative estimate of drug-likeness (QED) is 0.148. The molecular weight excluding hydrogens is 390 g/mol. The molecule has 0 amide bonds. The fourth-order valence-corrected chi connectivity index (χ4v) is 4.27. The predicted molar refractivity (Wildman–Crippen MR) is 130 cm³/mol. The van der Waals surface area contributed by atoms with Crippen LogP contribution in [0.2, 0.25) is 0 Å². The summed E-state index contributed by atoms with van der Waals surface area (Å²) in [6.07, 6.45) is 15.0. The van der Waals surface area contributed by atoms with Gasteiger partial charge in [-0.2, -0.15) is 0 Å². The van der Waals surface area contributed by atoms with Gasteiger partial charge in [-0.3, -0.25) is 4.79 Å². The van der Waals surface area contributed by atoms with E-state index in [4.69, 9.17) is 4.74 Å². The molecule has 0 spiro atoms. The number of rotatable bonds is 20. The molecule has 2 N–H and O–H groups in total. The summed E-state index contributed by atoms with van der Waals surface area (Å²) in [5, 5.41) is 18.8. The molecule has 0 aliphatic carbocycles. The van der Waals surface area contributed by atoms with Crippen molar-refractivity contribution in [3.63, 3.8) is 0 Å². The van der Waals surface area contributed by atoms with Crippen LogP contribution in [-0.2, 0) is 9.53 Å². The van der Waals surface area contributed by atoms with Crippen LogP contribution in [0.1, 0.15) is 111 Å². The number of carbonyl (C=O) groups is 1. The molecule has 31 heavy (non-hydrogen) atoms. The van der Waals surface area contributed by atoms with Crippen LogP contribution in [-0.4, -0.2) is 66.7 Å². The average Bonchev–Trinajstić information content (AvgIpc) is 2.64. The molecule has 0 aliphatic heterocycles. The number of unbranched alkanes of at least 4 members (excludes halogenated alkanes) is 10. The van der Waals surface area contributed by atoms with Gasteiger partial charge in [0.1, 0.15) is 19.6 Å². The van der Waals surface area contributed by atoms with E-state index in [0.29, 0.717) is 30.5 Å². The summed E-state index contributed by atoms with van der Waals surface area (Å²) < 4.78 is 6.40. The first-order valence-corrected chi connectivity index (χ1v) is 12.9. The SMILES string of the molecule is CCCCCCCCCCCCCC(=O)O[C@H](CC(C)(C)C)C[N+](C)(CCO)CCO. The van der Waals surface area contributed by atoms with Gasteiger partial charge >= 0.3 is 5.97 Å². The van der Waals surface area contributed by atoms with Gasteiger partial charge in [-0.15, -0.1) is 0 Å². The highest BCUT2D eigenvalue weighted by atomic mass is 16.5. The van der Waals surface area contributed by atoms with Crippen LogP contribution in [0.3, 0.4) is 0 Å². The molecule has 0 saturated heterocycles. The summed E-state index contributed by atoms with van der Waals surface area (Å²) in [5.41, 5.74) is 0.0464. The zero-order valence-electron chi connectivity index (χ0n) is 21.5. The Hall–Kier alpha value is -0.650. The minimum absolute atomic E-state index is 0.0464. The first kappa shape index (κ1) is 30.4. The van der Waals surface area contributed by atoms with Crippen LogP contribution < -0.4 is 0 Å². The maximum atomic E-state index is 12.5. The predicted octanol–water partition coefficient (Wildman–Crippen LogP) is 5.47. The van der Waals surface area contributed by atoms with Crippen molar-refractivity contribution in [2.45, 2.75) is 117 Å². The van der Waals surface area contributed by atoms with Crippen molar-refractivity contribution in [1.82, 2.24) is 0 Å². The van der Waals surface area contributed by atoms with Crippen molar-refractivity contribution < 1.29 is 24.2 Å². The lowest BCUT2D eigenvalue weighted by molar-refractivity contribution is -0.912. The van der Waals surface area contributed by atoms with E-state index < -0.39 is 0 Å². The summed E-state index contributed by atoms with van der Waals surface area (Å²) in [5.74, 6) is -0.107. The fraction of sp³-hybridized carbons (Fsp3) is 0.962. The molecule has 0 bridgehead atoms. The van der Waals surface area contributed by atoms with Crippen molar-refractivity contribution >= 4 is 5.97 Å². The molecule has 0 unspecified atom stereocenters. The standard InChI is InChI=1S/C26H54NO4/c1-6-7-8-9-10-11-12-13-14-15-16-17-25(30)31-24(22-26(2,3)4)23-27(5,18-20-28)19-21-29/h24,28-29H,6-23H2,1-5H3/q+1/t24-/m1/s1. The summed E-state index contributed by atoms with van der Waals surface area (Å²) in [4.78, 5) is 12.5. The number of carbonyl (C=O) groups excluding carboxylic acids is 1. The largest absolute Gasteiger partial charge is 0.456 e. The summed E-state index contributed by atoms with van der Waals surface area (Å²) in [6.45, 7) is 10.6. The van der Waals surface area contributed by atoms with E-state index in [-0.39, 0.29) is 30.7 Å². The Labute approximate surface area is 193 Å². The van der Waals surface area contributed by atoms with Gasteiger partial charge < -0.3 is 19.4 Å². The molecule has 0 aromatic heterocycles. The van der Waals surface area contributed by atoms with Gasteiger partial charge in [0.2, 0.25) is 0 Å². The Balaban J connectivity index is 4.23. The van der Waals surface area contributed by atoms with Crippen LogP contribution in [0.4, 0.5) is 0 Å². The number of aliphatic hydroxyl groups is 2. The Morgan fingerprint density at radius 2 is 1.29 bits per heavy atom. The maximum Gasteiger partial charge on any atom is 0.306 e. The minimum atomic E-state index is -0.191. The smallest absolute Gasteiger partial charge is 0.306 e. The first-order chi connectivity index (χ1) is 14.7. The highest BCUT2D eigenvalue weighted by Crippen LogP contribution is 2.25. The van der Waals surface area contributed by atoms with Crippen LogP contribution in [0.15, 0.2) is 0 Å². The van der Waals surface area contributed by atoms with Gasteiger partial charge in [-0.1, -0.05) is 91.9 Å². The second-order valence-corrected chi connectivity index (χ2v) is 10.9. The molecule has 1 atom stereocenters. The Morgan fingerprint density at radius 3 is 1.71 bits per heavy atom. The van der Waals surface area contributed by atoms with Crippen molar-refractivity contribution in [3.8, 4) is 0 Å². The number of nitrogens with zero attached hydrogens (tertiary/aromatic N) is 1. The molecule has 186 valence electrons. The highest BCUT2D eigenvalue weighted by molar-refractivity contribution is 5.69. The third-order valence-electron chi connectivity index (χ3n) is 6.05. The number of likely N-dealkylation sites (N-methyl/N-ethyl adjacent to an activating group) is 1. The zero-order valence-corrected chi connectivity index (χ0v) is 21.5. The van der Waals surface area contributed by atoms with Crippen LogP contribution >= 0.6 is 0 Å². The van der Waals surface area contributed by atoms with Crippen LogP contribution in [0, 0.1) is 5.41 Å². The minimum Gasteiger partial charge on any atom is -0.456 e. The number of esters is 1. The van der Waals surface area contributed by atoms with E-state index in [9.17, 15) is 15.0 Å². The second kappa shape index (κ2) is 17.9. The Morgan fingerprint density at radius 1 is 0.839 bits per heavy atom. The number of ether oxygens (including phenoxy) is 1. The van der Waals surface area contributed by atoms with E-state index in [1.807, 2.05) is 7.05 Å². The highest BCUT2D eigenvalue weighted by Gasteiger charge is 2.31. The summed E-state index contributed by atoms with van der Waals surface area (Å²) in [6, 6.07) is 0. The van der Waals surface area contributed by atoms with Crippen LogP contribution in [0.25, 0.3) is 0 Å². The molecular formula is C26H54NO4+. The normalized spacial score (nSPS) is 13.4. The number of hydrogen-bond donors (Lipinski definition) is 2. The van der Waals surface area contributed by atoms with Crippen molar-refractivity contribution in [1.29, 1.82) is 0 Å². The average molecular weight is 445 g/mol. The zero-order chi connectivity index (χ0) is 23.6. The molecule has 0 aliphatic rings. The lowest BCUT2D eigenvalue weighted by atomic mass is 9.88.